The first-order chi connectivity index (χ1) is 9.69. The lowest BCUT2D eigenvalue weighted by molar-refractivity contribution is -0.105. The smallest absolute Gasteiger partial charge is 0.211 e. The molecule has 0 radical (unpaired) electrons. The summed E-state index contributed by atoms with van der Waals surface area (Å²) in [7, 11) is 0. The Morgan fingerprint density at radius 1 is 1.00 bits per heavy atom. The van der Waals surface area contributed by atoms with Crippen LogP contribution in [0.2, 0.25) is 0 Å². The summed E-state index contributed by atoms with van der Waals surface area (Å²) in [6, 6.07) is 12.4. The highest BCUT2D eigenvalue weighted by molar-refractivity contribution is 6.07. The molecular formula is C16H12FNO2. The maximum absolute atomic E-state index is 12.7. The van der Waals surface area contributed by atoms with Crippen molar-refractivity contribution in [3.63, 3.8) is 0 Å². The van der Waals surface area contributed by atoms with E-state index < -0.39 is 0 Å². The van der Waals surface area contributed by atoms with Crippen molar-refractivity contribution in [2.75, 3.05) is 5.32 Å². The number of rotatable bonds is 5. The van der Waals surface area contributed by atoms with Gasteiger partial charge in [-0.05, 0) is 48.0 Å². The summed E-state index contributed by atoms with van der Waals surface area (Å²) < 4.78 is 12.7. The Balaban J connectivity index is 2.07. The number of carbonyl (C=O) groups excluding carboxylic acids is 2. The van der Waals surface area contributed by atoms with Crippen LogP contribution >= 0.6 is 0 Å². The van der Waals surface area contributed by atoms with Crippen LogP contribution in [0.15, 0.2) is 54.6 Å². The molecule has 20 heavy (non-hydrogen) atoms. The van der Waals surface area contributed by atoms with Crippen molar-refractivity contribution in [2.24, 2.45) is 0 Å². The summed E-state index contributed by atoms with van der Waals surface area (Å²) in [5.74, 6) is -0.473. The van der Waals surface area contributed by atoms with Crippen LogP contribution in [0.3, 0.4) is 0 Å². The second-order valence-corrected chi connectivity index (χ2v) is 4.09. The van der Waals surface area contributed by atoms with Gasteiger partial charge in [0.15, 0.2) is 5.78 Å². The van der Waals surface area contributed by atoms with Crippen LogP contribution in [0.5, 0.6) is 0 Å². The van der Waals surface area contributed by atoms with Crippen molar-refractivity contribution in [3.05, 3.63) is 71.6 Å². The number of halogens is 1. The molecule has 0 aliphatic carbocycles. The topological polar surface area (TPSA) is 46.2 Å². The van der Waals surface area contributed by atoms with Crippen LogP contribution in [-0.4, -0.2) is 12.2 Å². The van der Waals surface area contributed by atoms with Crippen molar-refractivity contribution >= 4 is 24.0 Å². The van der Waals surface area contributed by atoms with Crippen LogP contribution in [0.25, 0.3) is 6.08 Å². The Morgan fingerprint density at radius 2 is 1.65 bits per heavy atom. The van der Waals surface area contributed by atoms with E-state index in [2.05, 4.69) is 5.32 Å². The quantitative estimate of drug-likeness (QED) is 0.514. The minimum Gasteiger partial charge on any atom is -0.329 e. The van der Waals surface area contributed by atoms with Gasteiger partial charge in [-0.25, -0.2) is 4.39 Å². The third kappa shape index (κ3) is 3.62. The number of hydrogen-bond donors (Lipinski definition) is 1. The largest absolute Gasteiger partial charge is 0.329 e. The van der Waals surface area contributed by atoms with E-state index in [1.807, 2.05) is 0 Å². The van der Waals surface area contributed by atoms with Crippen LogP contribution < -0.4 is 5.32 Å². The average Bonchev–Trinajstić information content (AvgIpc) is 2.47. The highest BCUT2D eigenvalue weighted by atomic mass is 19.1. The molecule has 100 valence electrons. The molecule has 2 aromatic rings. The molecule has 2 aromatic carbocycles. The Labute approximate surface area is 115 Å². The summed E-state index contributed by atoms with van der Waals surface area (Å²) in [5, 5.41) is 2.49. The summed E-state index contributed by atoms with van der Waals surface area (Å²) in [4.78, 5) is 22.2. The molecule has 3 nitrogen and oxygen atoms in total. The first-order valence-corrected chi connectivity index (χ1v) is 5.97. The van der Waals surface area contributed by atoms with Crippen molar-refractivity contribution < 1.29 is 14.0 Å². The fourth-order valence-electron chi connectivity index (χ4n) is 1.64. The number of allylic oxidation sites excluding steroid dienone is 1. The first kappa shape index (κ1) is 13.7. The average molecular weight is 269 g/mol. The third-order valence-corrected chi connectivity index (χ3v) is 2.69. The lowest BCUT2D eigenvalue weighted by Gasteiger charge is -2.00. The number of carbonyl (C=O) groups is 2. The van der Waals surface area contributed by atoms with Gasteiger partial charge >= 0.3 is 0 Å². The zero-order chi connectivity index (χ0) is 14.4. The van der Waals surface area contributed by atoms with Gasteiger partial charge in [0.2, 0.25) is 6.41 Å². The Bertz CT molecular complexity index is 631. The van der Waals surface area contributed by atoms with Gasteiger partial charge in [-0.3, -0.25) is 9.59 Å². The minimum absolute atomic E-state index is 0.160. The highest BCUT2D eigenvalue weighted by Crippen LogP contribution is 2.11. The second kappa shape index (κ2) is 6.43. The molecule has 0 heterocycles. The zero-order valence-corrected chi connectivity index (χ0v) is 10.5. The molecule has 0 saturated heterocycles. The van der Waals surface area contributed by atoms with E-state index in [4.69, 9.17) is 0 Å². The lowest BCUT2D eigenvalue weighted by Crippen LogP contribution is -1.97. The molecule has 0 spiro atoms. The van der Waals surface area contributed by atoms with Gasteiger partial charge in [0.25, 0.3) is 0 Å². The molecule has 2 rings (SSSR count). The number of benzene rings is 2. The molecule has 0 bridgehead atoms. The van der Waals surface area contributed by atoms with Crippen LogP contribution in [0.1, 0.15) is 15.9 Å². The lowest BCUT2D eigenvalue weighted by atomic mass is 10.1. The van der Waals surface area contributed by atoms with E-state index >= 15 is 0 Å². The molecule has 0 saturated carbocycles. The number of nitrogens with one attached hydrogen (secondary N) is 1. The van der Waals surface area contributed by atoms with E-state index in [-0.39, 0.29) is 11.6 Å². The van der Waals surface area contributed by atoms with Crippen LogP contribution in [0, 0.1) is 5.82 Å². The van der Waals surface area contributed by atoms with Crippen molar-refractivity contribution in [3.8, 4) is 0 Å². The number of anilines is 1. The highest BCUT2D eigenvalue weighted by Gasteiger charge is 2.01. The number of hydrogen-bond acceptors (Lipinski definition) is 2. The molecule has 0 fully saturated rings. The van der Waals surface area contributed by atoms with Gasteiger partial charge in [-0.2, -0.15) is 0 Å². The predicted molar refractivity (Wildman–Crippen MR) is 75.9 cm³/mol. The first-order valence-electron chi connectivity index (χ1n) is 5.97. The van der Waals surface area contributed by atoms with E-state index in [1.165, 1.54) is 18.2 Å². The molecule has 0 aromatic heterocycles. The molecule has 0 atom stereocenters. The normalized spacial score (nSPS) is 10.4. The second-order valence-electron chi connectivity index (χ2n) is 4.09. The summed E-state index contributed by atoms with van der Waals surface area (Å²) in [5.41, 5.74) is 1.89. The molecule has 1 N–H and O–H groups in total. The van der Waals surface area contributed by atoms with Crippen molar-refractivity contribution in [1.29, 1.82) is 0 Å². The maximum Gasteiger partial charge on any atom is 0.211 e. The van der Waals surface area contributed by atoms with Gasteiger partial charge in [0.05, 0.1) is 0 Å². The van der Waals surface area contributed by atoms with Gasteiger partial charge < -0.3 is 5.32 Å². The minimum atomic E-state index is -0.313. The zero-order valence-electron chi connectivity index (χ0n) is 10.5. The van der Waals surface area contributed by atoms with Crippen LogP contribution in [-0.2, 0) is 4.79 Å². The van der Waals surface area contributed by atoms with Gasteiger partial charge in [0, 0.05) is 11.3 Å². The van der Waals surface area contributed by atoms with Gasteiger partial charge in [-0.1, -0.05) is 18.2 Å². The molecule has 0 aliphatic heterocycles. The van der Waals surface area contributed by atoms with Crippen molar-refractivity contribution in [2.45, 2.75) is 0 Å². The number of amides is 1. The van der Waals surface area contributed by atoms with Crippen LogP contribution in [0.4, 0.5) is 10.1 Å². The van der Waals surface area contributed by atoms with E-state index in [0.717, 1.165) is 5.56 Å². The SMILES string of the molecule is O=CNc1ccc(C(=O)C=Cc2ccc(F)cc2)cc1. The Morgan fingerprint density at radius 3 is 2.25 bits per heavy atom. The predicted octanol–water partition coefficient (Wildman–Crippen LogP) is 3.29. The molecule has 1 amide bonds. The Kier molecular flexibility index (Phi) is 4.39. The monoisotopic (exact) mass is 269 g/mol. The maximum atomic E-state index is 12.7. The third-order valence-electron chi connectivity index (χ3n) is 2.69. The van der Waals surface area contributed by atoms with Crippen molar-refractivity contribution in [1.82, 2.24) is 0 Å². The molecule has 0 aliphatic rings. The fourth-order valence-corrected chi connectivity index (χ4v) is 1.64. The molecule has 4 heteroatoms. The van der Waals surface area contributed by atoms with E-state index in [9.17, 15) is 14.0 Å². The standard InChI is InChI=1S/C16H12FNO2/c17-14-6-1-12(2-7-14)3-10-16(20)13-4-8-15(9-5-13)18-11-19/h1-11H,(H,18,19). The Hall–Kier alpha value is -2.75. The fraction of sp³-hybridized carbons (Fsp3) is 0. The summed E-state index contributed by atoms with van der Waals surface area (Å²) >= 11 is 0. The summed E-state index contributed by atoms with van der Waals surface area (Å²) in [6.45, 7) is 0. The molecular weight excluding hydrogens is 257 g/mol. The summed E-state index contributed by atoms with van der Waals surface area (Å²) in [6.07, 6.45) is 3.63. The van der Waals surface area contributed by atoms with Gasteiger partial charge in [-0.15, -0.1) is 0 Å². The number of ketones is 1. The molecule has 0 unspecified atom stereocenters. The van der Waals surface area contributed by atoms with E-state index in [1.54, 1.807) is 42.5 Å². The van der Waals surface area contributed by atoms with E-state index in [0.29, 0.717) is 17.7 Å². The van der Waals surface area contributed by atoms with Gasteiger partial charge in [0.1, 0.15) is 5.82 Å².